The van der Waals surface area contributed by atoms with Gasteiger partial charge in [-0.15, -0.1) is 11.3 Å². The van der Waals surface area contributed by atoms with Crippen LogP contribution in [0, 0.1) is 24.2 Å². The Labute approximate surface area is 142 Å². The van der Waals surface area contributed by atoms with Crippen LogP contribution < -0.4 is 10.9 Å². The number of aliphatic hydroxyl groups excluding tert-OH is 1. The molecule has 3 N–H and O–H groups in total. The van der Waals surface area contributed by atoms with Crippen LogP contribution in [0.1, 0.15) is 45.4 Å². The minimum atomic E-state index is -0.497. The van der Waals surface area contributed by atoms with Gasteiger partial charge < -0.3 is 15.4 Å². The highest BCUT2D eigenvalue weighted by atomic mass is 32.1. The number of thiophene rings is 1. The molecule has 6 nitrogen and oxygen atoms in total. The predicted molar refractivity (Wildman–Crippen MR) is 89.8 cm³/mol. The Balaban J connectivity index is 1.87. The fourth-order valence-electron chi connectivity index (χ4n) is 2.95. The van der Waals surface area contributed by atoms with Gasteiger partial charge in [-0.25, -0.2) is 0 Å². The number of aliphatic hydroxyl groups is 1. The molecule has 7 heteroatoms. The van der Waals surface area contributed by atoms with E-state index in [1.54, 1.807) is 24.3 Å². The van der Waals surface area contributed by atoms with E-state index in [1.807, 2.05) is 17.5 Å². The second-order valence-electron chi connectivity index (χ2n) is 6.01. The van der Waals surface area contributed by atoms with Gasteiger partial charge in [-0.3, -0.25) is 9.59 Å². The van der Waals surface area contributed by atoms with E-state index in [2.05, 4.69) is 10.3 Å². The van der Waals surface area contributed by atoms with Crippen LogP contribution in [0.25, 0.3) is 0 Å². The molecule has 124 valence electrons. The Morgan fingerprint density at radius 1 is 1.54 bits per heavy atom. The molecule has 0 aromatic carbocycles. The highest BCUT2D eigenvalue weighted by molar-refractivity contribution is 7.10. The third kappa shape index (κ3) is 3.11. The molecule has 2 heterocycles. The molecule has 0 aliphatic heterocycles. The van der Waals surface area contributed by atoms with Crippen molar-refractivity contribution in [2.45, 2.75) is 31.9 Å². The standard InChI is InChI=1S/C17H17N3O3S/c1-9-13(7-11(8-18)16(22)19-9)17(23)20-15(10-5-12(21)6-10)14-3-2-4-24-14/h2-4,7,10,12,15,21H,5-6H2,1H3,(H,19,22)(H,20,23)/t10?,12?,15-/m1/s1. The maximum atomic E-state index is 12.7. The summed E-state index contributed by atoms with van der Waals surface area (Å²) in [5.41, 5.74) is 0.128. The zero-order valence-electron chi connectivity index (χ0n) is 13.1. The summed E-state index contributed by atoms with van der Waals surface area (Å²) in [6.07, 6.45) is 0.989. The van der Waals surface area contributed by atoms with Gasteiger partial charge >= 0.3 is 0 Å². The highest BCUT2D eigenvalue weighted by Gasteiger charge is 2.36. The van der Waals surface area contributed by atoms with Crippen molar-refractivity contribution in [3.63, 3.8) is 0 Å². The van der Waals surface area contributed by atoms with Crippen LogP contribution in [-0.2, 0) is 0 Å². The van der Waals surface area contributed by atoms with E-state index in [1.165, 1.54) is 6.07 Å². The summed E-state index contributed by atoms with van der Waals surface area (Å²) < 4.78 is 0. The molecular weight excluding hydrogens is 326 g/mol. The van der Waals surface area contributed by atoms with Crippen molar-refractivity contribution >= 4 is 17.2 Å². The first-order chi connectivity index (χ1) is 11.5. The zero-order chi connectivity index (χ0) is 17.3. The molecule has 1 amide bonds. The van der Waals surface area contributed by atoms with Crippen molar-refractivity contribution in [2.75, 3.05) is 0 Å². The van der Waals surface area contributed by atoms with Crippen molar-refractivity contribution in [1.29, 1.82) is 5.26 Å². The Kier molecular flexibility index (Phi) is 4.51. The first-order valence-electron chi connectivity index (χ1n) is 7.66. The minimum Gasteiger partial charge on any atom is -0.393 e. The number of pyridine rings is 1. The lowest BCUT2D eigenvalue weighted by Crippen LogP contribution is -2.41. The molecule has 2 aromatic rings. The molecule has 0 radical (unpaired) electrons. The van der Waals surface area contributed by atoms with Crippen LogP contribution in [-0.4, -0.2) is 22.1 Å². The molecule has 1 fully saturated rings. The second-order valence-corrected chi connectivity index (χ2v) is 6.99. The minimum absolute atomic E-state index is 0.0857. The topological polar surface area (TPSA) is 106 Å². The van der Waals surface area contributed by atoms with Crippen molar-refractivity contribution in [3.05, 3.63) is 55.6 Å². The number of hydrogen-bond donors (Lipinski definition) is 3. The SMILES string of the molecule is Cc1[nH]c(=O)c(C#N)cc1C(=O)N[C@@H](c1cccs1)C1CC(O)C1. The van der Waals surface area contributed by atoms with Crippen molar-refractivity contribution in [3.8, 4) is 6.07 Å². The molecule has 24 heavy (non-hydrogen) atoms. The van der Waals surface area contributed by atoms with E-state index in [9.17, 15) is 14.7 Å². The number of amides is 1. The molecule has 3 rings (SSSR count). The number of rotatable bonds is 4. The van der Waals surface area contributed by atoms with Gasteiger partial charge in [0.05, 0.1) is 17.7 Å². The molecule has 0 unspecified atom stereocenters. The van der Waals surface area contributed by atoms with E-state index in [4.69, 9.17) is 5.26 Å². The monoisotopic (exact) mass is 343 g/mol. The highest BCUT2D eigenvalue weighted by Crippen LogP contribution is 2.39. The molecule has 0 spiro atoms. The lowest BCUT2D eigenvalue weighted by molar-refractivity contribution is 0.0241. The lowest BCUT2D eigenvalue weighted by Gasteiger charge is -2.37. The van der Waals surface area contributed by atoms with Gasteiger partial charge in [-0.05, 0) is 43.2 Å². The predicted octanol–water partition coefficient (Wildman–Crippen LogP) is 1.86. The third-order valence-electron chi connectivity index (χ3n) is 4.36. The average Bonchev–Trinajstić information content (AvgIpc) is 3.04. The van der Waals surface area contributed by atoms with Crippen molar-refractivity contribution in [1.82, 2.24) is 10.3 Å². The number of aromatic amines is 1. The Hall–Kier alpha value is -2.43. The van der Waals surface area contributed by atoms with E-state index in [0.29, 0.717) is 18.5 Å². The molecule has 2 aromatic heterocycles. The number of nitriles is 1. The number of carbonyl (C=O) groups excluding carboxylic acids is 1. The maximum Gasteiger partial charge on any atom is 0.266 e. The molecule has 0 saturated heterocycles. The summed E-state index contributed by atoms with van der Waals surface area (Å²) in [7, 11) is 0. The molecule has 1 aliphatic carbocycles. The first kappa shape index (κ1) is 16.4. The van der Waals surface area contributed by atoms with E-state index in [-0.39, 0.29) is 35.1 Å². The maximum absolute atomic E-state index is 12.7. The zero-order valence-corrected chi connectivity index (χ0v) is 13.9. The van der Waals surface area contributed by atoms with Gasteiger partial charge in [0.1, 0.15) is 11.6 Å². The van der Waals surface area contributed by atoms with Gasteiger partial charge in [0, 0.05) is 10.6 Å². The van der Waals surface area contributed by atoms with Crippen LogP contribution in [0.5, 0.6) is 0 Å². The molecule has 0 bridgehead atoms. The third-order valence-corrected chi connectivity index (χ3v) is 5.32. The largest absolute Gasteiger partial charge is 0.393 e. The van der Waals surface area contributed by atoms with Gasteiger partial charge in [-0.2, -0.15) is 5.26 Å². The van der Waals surface area contributed by atoms with Gasteiger partial charge in [0.15, 0.2) is 0 Å². The summed E-state index contributed by atoms with van der Waals surface area (Å²) in [5.74, 6) is -0.152. The van der Waals surface area contributed by atoms with Crippen molar-refractivity contribution in [2.24, 2.45) is 5.92 Å². The summed E-state index contributed by atoms with van der Waals surface area (Å²) in [4.78, 5) is 27.9. The number of nitrogens with one attached hydrogen (secondary N) is 2. The average molecular weight is 343 g/mol. The Morgan fingerprint density at radius 2 is 2.29 bits per heavy atom. The van der Waals surface area contributed by atoms with Crippen LogP contribution in [0.15, 0.2) is 28.4 Å². The number of hydrogen-bond acceptors (Lipinski definition) is 5. The number of aryl methyl sites for hydroxylation is 1. The van der Waals surface area contributed by atoms with Gasteiger partial charge in [-0.1, -0.05) is 6.07 Å². The number of nitrogens with zero attached hydrogens (tertiary/aromatic N) is 1. The molecular formula is C17H17N3O3S. The number of carbonyl (C=O) groups is 1. The van der Waals surface area contributed by atoms with Crippen LogP contribution in [0.2, 0.25) is 0 Å². The smallest absolute Gasteiger partial charge is 0.266 e. The normalized spacial score (nSPS) is 20.7. The lowest BCUT2D eigenvalue weighted by atomic mass is 9.76. The Bertz CT molecular complexity index is 845. The Morgan fingerprint density at radius 3 is 2.88 bits per heavy atom. The first-order valence-corrected chi connectivity index (χ1v) is 8.54. The van der Waals surface area contributed by atoms with E-state index >= 15 is 0 Å². The fourth-order valence-corrected chi connectivity index (χ4v) is 3.82. The van der Waals surface area contributed by atoms with E-state index < -0.39 is 5.56 Å². The molecule has 1 aliphatic rings. The van der Waals surface area contributed by atoms with Gasteiger partial charge in [0.25, 0.3) is 11.5 Å². The number of H-pyrrole nitrogens is 1. The number of aromatic nitrogens is 1. The van der Waals surface area contributed by atoms with Gasteiger partial charge in [0.2, 0.25) is 0 Å². The van der Waals surface area contributed by atoms with Crippen LogP contribution in [0.4, 0.5) is 0 Å². The van der Waals surface area contributed by atoms with E-state index in [0.717, 1.165) is 4.88 Å². The van der Waals surface area contributed by atoms with Crippen LogP contribution >= 0.6 is 11.3 Å². The fraction of sp³-hybridized carbons (Fsp3) is 0.353. The summed E-state index contributed by atoms with van der Waals surface area (Å²) in [6, 6.07) is 6.82. The van der Waals surface area contributed by atoms with Crippen LogP contribution in [0.3, 0.4) is 0 Å². The summed E-state index contributed by atoms with van der Waals surface area (Å²) >= 11 is 1.55. The summed E-state index contributed by atoms with van der Waals surface area (Å²) in [6.45, 7) is 1.63. The summed E-state index contributed by atoms with van der Waals surface area (Å²) in [5, 5.41) is 23.5. The molecule has 1 atom stereocenters. The quantitative estimate of drug-likeness (QED) is 0.788. The second kappa shape index (κ2) is 6.59. The molecule has 1 saturated carbocycles. The van der Waals surface area contributed by atoms with Crippen molar-refractivity contribution < 1.29 is 9.90 Å².